The van der Waals surface area contributed by atoms with Gasteiger partial charge in [-0.05, 0) is 23.8 Å². The number of ether oxygens (including phenoxy) is 2. The van der Waals surface area contributed by atoms with Crippen LogP contribution in [0.25, 0.3) is 0 Å². The molecule has 2 aromatic heterocycles. The van der Waals surface area contributed by atoms with E-state index < -0.39 is 6.67 Å². The van der Waals surface area contributed by atoms with Crippen molar-refractivity contribution < 1.29 is 13.9 Å². The molecular formula is C19H20ClFN8O2. The fraction of sp³-hybridized carbons (Fsp3) is 0.263. The molecule has 12 heteroatoms. The van der Waals surface area contributed by atoms with Crippen molar-refractivity contribution in [3.63, 3.8) is 0 Å². The molecule has 0 spiro atoms. The molecule has 1 unspecified atom stereocenters. The molecule has 3 aromatic rings. The van der Waals surface area contributed by atoms with Gasteiger partial charge in [0, 0.05) is 11.1 Å². The zero-order chi connectivity index (χ0) is 21.8. The summed E-state index contributed by atoms with van der Waals surface area (Å²) >= 11 is 6.00. The molecule has 31 heavy (non-hydrogen) atoms. The summed E-state index contributed by atoms with van der Waals surface area (Å²) in [4.78, 5) is 4.34. The number of halogens is 2. The average Bonchev–Trinajstić information content (AvgIpc) is 3.31. The lowest BCUT2D eigenvalue weighted by Gasteiger charge is -2.19. The van der Waals surface area contributed by atoms with E-state index >= 15 is 0 Å². The molecule has 3 heterocycles. The van der Waals surface area contributed by atoms with Gasteiger partial charge in [-0.1, -0.05) is 24.2 Å². The highest BCUT2D eigenvalue weighted by Gasteiger charge is 2.28. The number of aromatic nitrogens is 5. The highest BCUT2D eigenvalue weighted by molar-refractivity contribution is 6.30. The van der Waals surface area contributed by atoms with E-state index in [0.717, 1.165) is 11.3 Å². The summed E-state index contributed by atoms with van der Waals surface area (Å²) in [5.41, 5.74) is 4.86. The first-order valence-corrected chi connectivity index (χ1v) is 9.72. The van der Waals surface area contributed by atoms with Crippen molar-refractivity contribution in [2.45, 2.75) is 12.7 Å². The summed E-state index contributed by atoms with van der Waals surface area (Å²) in [6.07, 6.45) is 1.25. The van der Waals surface area contributed by atoms with Crippen molar-refractivity contribution in [3.8, 4) is 17.6 Å². The van der Waals surface area contributed by atoms with E-state index in [-0.39, 0.29) is 24.7 Å². The van der Waals surface area contributed by atoms with Crippen LogP contribution in [-0.2, 0) is 6.54 Å². The summed E-state index contributed by atoms with van der Waals surface area (Å²) in [6.45, 7) is 3.99. The second-order valence-corrected chi connectivity index (χ2v) is 7.03. The molecule has 2 N–H and O–H groups in total. The Morgan fingerprint density at radius 3 is 3.03 bits per heavy atom. The zero-order valence-electron chi connectivity index (χ0n) is 16.6. The number of methoxy groups -OCH3 is 1. The average molecular weight is 447 g/mol. The smallest absolute Gasteiger partial charge is 0.322 e. The third kappa shape index (κ3) is 4.84. The SMILES string of the molecule is C=C1CN(c2cnnc(OC)c2)NC1Nc1nc(Oc2cccc(Cl)c2)n(CCF)n1. The number of nitrogens with zero attached hydrogens (tertiary/aromatic N) is 6. The first-order valence-electron chi connectivity index (χ1n) is 9.34. The lowest BCUT2D eigenvalue weighted by molar-refractivity contribution is 0.363. The third-order valence-corrected chi connectivity index (χ3v) is 4.64. The van der Waals surface area contributed by atoms with E-state index in [0.29, 0.717) is 23.2 Å². The second-order valence-electron chi connectivity index (χ2n) is 6.60. The minimum atomic E-state index is -0.617. The van der Waals surface area contributed by atoms with Crippen LogP contribution in [-0.4, -0.2) is 51.5 Å². The summed E-state index contributed by atoms with van der Waals surface area (Å²) in [7, 11) is 1.52. The van der Waals surface area contributed by atoms with Gasteiger partial charge in [-0.25, -0.2) is 14.5 Å². The molecule has 1 saturated heterocycles. The maximum Gasteiger partial charge on any atom is 0.322 e. The van der Waals surface area contributed by atoms with Crippen LogP contribution >= 0.6 is 11.6 Å². The highest BCUT2D eigenvalue weighted by atomic mass is 35.5. The van der Waals surface area contributed by atoms with Crippen molar-refractivity contribution in [1.29, 1.82) is 0 Å². The number of aryl methyl sites for hydroxylation is 1. The van der Waals surface area contributed by atoms with Crippen molar-refractivity contribution in [3.05, 3.63) is 53.7 Å². The molecule has 0 aliphatic carbocycles. The summed E-state index contributed by atoms with van der Waals surface area (Å²) in [5, 5.41) is 17.6. The topological polar surface area (TPSA) is 102 Å². The molecule has 1 aromatic carbocycles. The molecule has 0 amide bonds. The van der Waals surface area contributed by atoms with E-state index in [1.165, 1.54) is 11.8 Å². The van der Waals surface area contributed by atoms with Crippen LogP contribution in [0.15, 0.2) is 48.7 Å². The number of hydrazine groups is 1. The maximum absolute atomic E-state index is 13.0. The standard InChI is InChI=1S/C19H20ClFN8O2/c1-12-11-29(14-9-16(30-2)25-22-10-14)26-17(12)23-18-24-19(28(27-18)7-6-21)31-15-5-3-4-13(20)8-15/h3-5,8-10,17,26H,1,6-7,11H2,2H3,(H,23,27). The minimum absolute atomic E-state index is 0.00176. The van der Waals surface area contributed by atoms with E-state index in [9.17, 15) is 4.39 Å². The number of anilines is 2. The van der Waals surface area contributed by atoms with Gasteiger partial charge in [-0.15, -0.1) is 10.2 Å². The summed E-state index contributed by atoms with van der Waals surface area (Å²) in [6, 6.07) is 8.73. The van der Waals surface area contributed by atoms with E-state index in [4.69, 9.17) is 21.1 Å². The van der Waals surface area contributed by atoms with Crippen molar-refractivity contribution >= 4 is 23.2 Å². The molecule has 1 atom stereocenters. The van der Waals surface area contributed by atoms with Gasteiger partial charge < -0.3 is 19.8 Å². The number of rotatable bonds is 8. The number of hydrogen-bond donors (Lipinski definition) is 2. The monoisotopic (exact) mass is 446 g/mol. The predicted molar refractivity (Wildman–Crippen MR) is 113 cm³/mol. The Labute approximate surface area is 182 Å². The molecule has 1 aliphatic heterocycles. The van der Waals surface area contributed by atoms with Crippen LogP contribution in [0, 0.1) is 0 Å². The molecule has 0 radical (unpaired) electrons. The Bertz CT molecular complexity index is 1080. The van der Waals surface area contributed by atoms with E-state index in [1.807, 2.05) is 5.01 Å². The Kier molecular flexibility index (Phi) is 6.14. The first-order chi connectivity index (χ1) is 15.1. The number of alkyl halides is 1. The minimum Gasteiger partial charge on any atom is -0.480 e. The van der Waals surface area contributed by atoms with Crippen molar-refractivity contribution in [2.24, 2.45) is 0 Å². The van der Waals surface area contributed by atoms with Gasteiger partial charge in [0.1, 0.15) is 18.6 Å². The Hall–Kier alpha value is -3.44. The van der Waals surface area contributed by atoms with Crippen LogP contribution in [0.5, 0.6) is 17.6 Å². The Balaban J connectivity index is 1.49. The fourth-order valence-corrected chi connectivity index (χ4v) is 3.11. The number of nitrogens with one attached hydrogen (secondary N) is 2. The third-order valence-electron chi connectivity index (χ3n) is 4.41. The van der Waals surface area contributed by atoms with Crippen LogP contribution < -0.4 is 25.2 Å². The molecule has 10 nitrogen and oxygen atoms in total. The van der Waals surface area contributed by atoms with Crippen molar-refractivity contribution in [1.82, 2.24) is 30.4 Å². The van der Waals surface area contributed by atoms with Crippen LogP contribution in [0.1, 0.15) is 0 Å². The largest absolute Gasteiger partial charge is 0.480 e. The fourth-order valence-electron chi connectivity index (χ4n) is 2.93. The first kappa shape index (κ1) is 20.8. The van der Waals surface area contributed by atoms with Crippen LogP contribution in [0.3, 0.4) is 0 Å². The normalized spacial score (nSPS) is 15.9. The van der Waals surface area contributed by atoms with Gasteiger partial charge in [-0.2, -0.15) is 10.1 Å². The van der Waals surface area contributed by atoms with Gasteiger partial charge in [0.2, 0.25) is 11.8 Å². The molecular weight excluding hydrogens is 427 g/mol. The lowest BCUT2D eigenvalue weighted by Crippen LogP contribution is -2.40. The lowest BCUT2D eigenvalue weighted by atomic mass is 10.2. The van der Waals surface area contributed by atoms with E-state index in [2.05, 4.69) is 37.6 Å². The predicted octanol–water partition coefficient (Wildman–Crippen LogP) is 2.81. The van der Waals surface area contributed by atoms with Gasteiger partial charge >= 0.3 is 6.01 Å². The molecule has 0 bridgehead atoms. The Morgan fingerprint density at radius 2 is 2.26 bits per heavy atom. The Morgan fingerprint density at radius 1 is 1.39 bits per heavy atom. The zero-order valence-corrected chi connectivity index (χ0v) is 17.4. The van der Waals surface area contributed by atoms with Gasteiger partial charge in [0.15, 0.2) is 0 Å². The number of benzene rings is 1. The number of hydrogen-bond acceptors (Lipinski definition) is 9. The second kappa shape index (κ2) is 9.14. The van der Waals surface area contributed by atoms with Gasteiger partial charge in [0.05, 0.1) is 32.1 Å². The van der Waals surface area contributed by atoms with Crippen LogP contribution in [0.4, 0.5) is 16.0 Å². The quantitative estimate of drug-likeness (QED) is 0.505. The highest BCUT2D eigenvalue weighted by Crippen LogP contribution is 2.26. The molecule has 4 rings (SSSR count). The maximum atomic E-state index is 13.0. The van der Waals surface area contributed by atoms with Gasteiger partial charge in [0.25, 0.3) is 0 Å². The van der Waals surface area contributed by atoms with Gasteiger partial charge in [-0.3, -0.25) is 0 Å². The van der Waals surface area contributed by atoms with Crippen molar-refractivity contribution in [2.75, 3.05) is 30.7 Å². The van der Waals surface area contributed by atoms with Crippen LogP contribution in [0.2, 0.25) is 5.02 Å². The molecule has 1 fully saturated rings. The molecule has 1 aliphatic rings. The summed E-state index contributed by atoms with van der Waals surface area (Å²) in [5.74, 6) is 1.13. The summed E-state index contributed by atoms with van der Waals surface area (Å²) < 4.78 is 25.2. The molecule has 162 valence electrons. The molecule has 0 saturated carbocycles. The van der Waals surface area contributed by atoms with E-state index in [1.54, 1.807) is 36.5 Å².